The quantitative estimate of drug-likeness (QED) is 0.0710. The van der Waals surface area contributed by atoms with Crippen molar-refractivity contribution in [2.24, 2.45) is 11.5 Å². The van der Waals surface area contributed by atoms with E-state index in [-0.39, 0.29) is 58.2 Å². The van der Waals surface area contributed by atoms with Gasteiger partial charge in [-0.15, -0.1) is 0 Å². The molecular formula is C36H49N7O10. The molecule has 1 heterocycles. The summed E-state index contributed by atoms with van der Waals surface area (Å²) in [4.78, 5) is 89.9. The Labute approximate surface area is 307 Å². The summed E-state index contributed by atoms with van der Waals surface area (Å²) in [6.45, 7) is -1.37. The highest BCUT2D eigenvalue weighted by molar-refractivity contribution is 5.93. The van der Waals surface area contributed by atoms with Crippen LogP contribution in [0.1, 0.15) is 43.2 Å². The van der Waals surface area contributed by atoms with E-state index in [1.54, 1.807) is 30.3 Å². The third-order valence-electron chi connectivity index (χ3n) is 8.94. The van der Waals surface area contributed by atoms with Crippen LogP contribution in [0.3, 0.4) is 0 Å². The van der Waals surface area contributed by atoms with E-state index in [2.05, 4.69) is 16.0 Å². The third-order valence-corrected chi connectivity index (χ3v) is 8.94. The van der Waals surface area contributed by atoms with E-state index in [0.717, 1.165) is 11.1 Å². The molecule has 0 saturated carbocycles. The zero-order chi connectivity index (χ0) is 39.0. The van der Waals surface area contributed by atoms with Gasteiger partial charge in [0.05, 0.1) is 25.7 Å². The van der Waals surface area contributed by atoms with Gasteiger partial charge in [-0.05, 0) is 56.2 Å². The standard InChI is InChI=1S/C36H49N7O10/c37-26(19-24-9-3-1-4-10-24)32(49)41-28(20-25-11-5-2-6-12-25)33(50)39-21-29(44)40-27(13-7-8-16-42(22-30(45)46)23-31(47)48)34(51)43-17-14-36(38,15-18-43)35(52)53/h1-6,9-12,26-28H,7-8,13-23,37-38H2,(H,39,50)(H,40,44)(H,41,49)(H,45,46)(H,47,48)(H,52,53)/t26-,27?,28?/m1/s1. The number of hydrogen-bond donors (Lipinski definition) is 8. The molecule has 1 aliphatic heterocycles. The number of aliphatic carboxylic acids is 3. The van der Waals surface area contributed by atoms with Crippen LogP contribution >= 0.6 is 0 Å². The molecule has 0 radical (unpaired) electrons. The van der Waals surface area contributed by atoms with Crippen molar-refractivity contribution in [3.8, 4) is 0 Å². The fourth-order valence-corrected chi connectivity index (χ4v) is 5.93. The molecule has 17 heteroatoms. The van der Waals surface area contributed by atoms with E-state index < -0.39 is 84.8 Å². The first-order valence-corrected chi connectivity index (χ1v) is 17.3. The van der Waals surface area contributed by atoms with Crippen LogP contribution < -0.4 is 27.4 Å². The normalized spacial score (nSPS) is 15.4. The van der Waals surface area contributed by atoms with Gasteiger partial charge in [-0.1, -0.05) is 60.7 Å². The van der Waals surface area contributed by atoms with Crippen LogP contribution in [0.4, 0.5) is 0 Å². The number of carbonyl (C=O) groups excluding carboxylic acids is 4. The summed E-state index contributed by atoms with van der Waals surface area (Å²) in [7, 11) is 0. The summed E-state index contributed by atoms with van der Waals surface area (Å²) in [5.74, 6) is -6.00. The lowest BCUT2D eigenvalue weighted by Crippen LogP contribution is -2.59. The molecular weight excluding hydrogens is 690 g/mol. The number of amides is 4. The van der Waals surface area contributed by atoms with Gasteiger partial charge in [0.15, 0.2) is 0 Å². The SMILES string of the molecule is N[C@H](Cc1ccccc1)C(=O)NC(Cc1ccccc1)C(=O)NCC(=O)NC(CCCCN(CC(=O)O)CC(=O)O)C(=O)N1CCC(N)(C(=O)O)CC1. The Morgan fingerprint density at radius 1 is 0.755 bits per heavy atom. The maximum absolute atomic E-state index is 13.6. The second-order valence-corrected chi connectivity index (χ2v) is 13.2. The average molecular weight is 740 g/mol. The first kappa shape index (κ1) is 42.0. The molecule has 288 valence electrons. The molecule has 0 aliphatic carbocycles. The Balaban J connectivity index is 1.66. The van der Waals surface area contributed by atoms with Crippen LogP contribution in [0.2, 0.25) is 0 Å². The average Bonchev–Trinajstić information content (AvgIpc) is 3.11. The van der Waals surface area contributed by atoms with Crippen molar-refractivity contribution in [1.29, 1.82) is 0 Å². The zero-order valence-corrected chi connectivity index (χ0v) is 29.4. The van der Waals surface area contributed by atoms with E-state index in [1.807, 2.05) is 30.3 Å². The molecule has 2 unspecified atom stereocenters. The Morgan fingerprint density at radius 3 is 1.83 bits per heavy atom. The Bertz CT molecular complexity index is 1550. The predicted octanol–water partition coefficient (Wildman–Crippen LogP) is -1.07. The predicted molar refractivity (Wildman–Crippen MR) is 191 cm³/mol. The summed E-state index contributed by atoms with van der Waals surface area (Å²) in [6.07, 6.45) is 1.00. The van der Waals surface area contributed by atoms with Crippen LogP contribution in [-0.4, -0.2) is 130 Å². The third kappa shape index (κ3) is 14.3. The minimum absolute atomic E-state index is 0.00629. The van der Waals surface area contributed by atoms with Crippen molar-refractivity contribution in [3.63, 3.8) is 0 Å². The van der Waals surface area contributed by atoms with Crippen LogP contribution in [0.15, 0.2) is 60.7 Å². The van der Waals surface area contributed by atoms with Crippen LogP contribution in [0.25, 0.3) is 0 Å². The number of likely N-dealkylation sites (tertiary alicyclic amines) is 1. The van der Waals surface area contributed by atoms with Crippen molar-refractivity contribution in [3.05, 3.63) is 71.8 Å². The summed E-state index contributed by atoms with van der Waals surface area (Å²) in [6, 6.07) is 15.0. The van der Waals surface area contributed by atoms with Crippen LogP contribution in [-0.2, 0) is 46.4 Å². The number of carboxylic acid groups (broad SMARTS) is 3. The number of nitrogens with two attached hydrogens (primary N) is 2. The first-order valence-electron chi connectivity index (χ1n) is 17.3. The number of benzene rings is 2. The highest BCUT2D eigenvalue weighted by Gasteiger charge is 2.40. The lowest BCUT2D eigenvalue weighted by Gasteiger charge is -2.37. The number of carboxylic acids is 3. The minimum Gasteiger partial charge on any atom is -0.480 e. The van der Waals surface area contributed by atoms with Crippen molar-refractivity contribution < 1.29 is 48.9 Å². The lowest BCUT2D eigenvalue weighted by molar-refractivity contribution is -0.148. The van der Waals surface area contributed by atoms with E-state index in [9.17, 15) is 38.7 Å². The van der Waals surface area contributed by atoms with Gasteiger partial charge >= 0.3 is 17.9 Å². The van der Waals surface area contributed by atoms with Crippen LogP contribution in [0.5, 0.6) is 0 Å². The summed E-state index contributed by atoms with van der Waals surface area (Å²) in [5.41, 5.74) is 12.2. The highest BCUT2D eigenvalue weighted by atomic mass is 16.4. The molecule has 3 atom stereocenters. The van der Waals surface area contributed by atoms with Crippen molar-refractivity contribution in [2.45, 2.75) is 68.6 Å². The lowest BCUT2D eigenvalue weighted by atomic mass is 9.88. The molecule has 0 bridgehead atoms. The van der Waals surface area contributed by atoms with E-state index in [1.165, 1.54) is 9.80 Å². The smallest absolute Gasteiger partial charge is 0.323 e. The van der Waals surface area contributed by atoms with Crippen molar-refractivity contribution in [2.75, 3.05) is 39.3 Å². The second-order valence-electron chi connectivity index (χ2n) is 13.2. The number of nitrogens with one attached hydrogen (secondary N) is 3. The van der Waals surface area contributed by atoms with E-state index in [0.29, 0.717) is 6.42 Å². The second kappa shape index (κ2) is 20.6. The molecule has 53 heavy (non-hydrogen) atoms. The largest absolute Gasteiger partial charge is 0.480 e. The molecule has 3 rings (SSSR count). The Hall–Kier alpha value is -5.39. The number of hydrogen-bond acceptors (Lipinski definition) is 10. The molecule has 2 aromatic rings. The van der Waals surface area contributed by atoms with E-state index >= 15 is 0 Å². The molecule has 2 aromatic carbocycles. The van der Waals surface area contributed by atoms with Gasteiger partial charge in [0.1, 0.15) is 17.6 Å². The number of rotatable bonds is 21. The fraction of sp³-hybridized carbons (Fsp3) is 0.472. The molecule has 1 aliphatic rings. The Morgan fingerprint density at radius 2 is 1.30 bits per heavy atom. The molecule has 17 nitrogen and oxygen atoms in total. The number of piperidine rings is 1. The highest BCUT2D eigenvalue weighted by Crippen LogP contribution is 2.21. The fourth-order valence-electron chi connectivity index (χ4n) is 5.93. The first-order chi connectivity index (χ1) is 25.2. The van der Waals surface area contributed by atoms with Crippen LogP contribution in [0, 0.1) is 0 Å². The maximum atomic E-state index is 13.6. The van der Waals surface area contributed by atoms with Gasteiger partial charge in [0.2, 0.25) is 23.6 Å². The number of carbonyl (C=O) groups is 7. The van der Waals surface area contributed by atoms with Crippen molar-refractivity contribution >= 4 is 41.5 Å². The van der Waals surface area contributed by atoms with Gasteiger partial charge in [-0.2, -0.15) is 0 Å². The topological polar surface area (TPSA) is 275 Å². The number of nitrogens with zero attached hydrogens (tertiary/aromatic N) is 2. The molecule has 1 saturated heterocycles. The van der Waals surface area contributed by atoms with Gasteiger partial charge < -0.3 is 47.6 Å². The number of unbranched alkanes of at least 4 members (excludes halogenated alkanes) is 1. The molecule has 0 spiro atoms. The molecule has 10 N–H and O–H groups in total. The maximum Gasteiger partial charge on any atom is 0.323 e. The van der Waals surface area contributed by atoms with Crippen molar-refractivity contribution in [1.82, 2.24) is 25.8 Å². The molecule has 4 amide bonds. The Kier molecular flexibility index (Phi) is 16.3. The van der Waals surface area contributed by atoms with E-state index in [4.69, 9.17) is 21.7 Å². The van der Waals surface area contributed by atoms with Gasteiger partial charge in [-0.3, -0.25) is 38.5 Å². The van der Waals surface area contributed by atoms with Gasteiger partial charge in [0, 0.05) is 19.5 Å². The monoisotopic (exact) mass is 739 g/mol. The minimum atomic E-state index is -1.49. The van der Waals surface area contributed by atoms with Gasteiger partial charge in [0.25, 0.3) is 0 Å². The molecule has 1 fully saturated rings. The zero-order valence-electron chi connectivity index (χ0n) is 29.4. The summed E-state index contributed by atoms with van der Waals surface area (Å²) in [5, 5.41) is 35.6. The summed E-state index contributed by atoms with van der Waals surface area (Å²) >= 11 is 0. The molecule has 0 aromatic heterocycles. The summed E-state index contributed by atoms with van der Waals surface area (Å²) < 4.78 is 0. The van der Waals surface area contributed by atoms with Gasteiger partial charge in [-0.25, -0.2) is 0 Å².